The Labute approximate surface area is 73.2 Å². The molecule has 0 heterocycles. The fraction of sp³-hybridized carbons (Fsp3) is 0.857. The van der Waals surface area contributed by atoms with Gasteiger partial charge in [-0.2, -0.15) is 13.2 Å². The fourth-order valence-corrected chi connectivity index (χ4v) is 0.686. The average Bonchev–Trinajstić information content (AvgIpc) is 1.83. The molecule has 0 saturated carbocycles. The van der Waals surface area contributed by atoms with Crippen molar-refractivity contribution < 1.29 is 28.2 Å². The number of aliphatic carboxylic acids is 1. The minimum absolute atomic E-state index is 0.841. The molecule has 0 bridgehead atoms. The lowest BCUT2D eigenvalue weighted by molar-refractivity contribution is -0.212. The first kappa shape index (κ1) is 12.2. The van der Waals surface area contributed by atoms with Gasteiger partial charge in [-0.15, -0.1) is 0 Å². The molecule has 0 amide bonds. The van der Waals surface area contributed by atoms with E-state index in [1.54, 1.807) is 0 Å². The van der Waals surface area contributed by atoms with Gasteiger partial charge in [-0.25, -0.2) is 0 Å². The summed E-state index contributed by atoms with van der Waals surface area (Å²) in [5.41, 5.74) is -1.57. The summed E-state index contributed by atoms with van der Waals surface area (Å²) in [7, 11) is 0. The number of hydrogen-bond acceptors (Lipinski definition) is 2. The van der Waals surface area contributed by atoms with Gasteiger partial charge in [0, 0.05) is 0 Å². The first-order valence-electron chi connectivity index (χ1n) is 3.55. The monoisotopic (exact) mass is 200 g/mol. The van der Waals surface area contributed by atoms with Gasteiger partial charge in [-0.3, -0.25) is 4.79 Å². The number of halogens is 3. The Morgan fingerprint density at radius 2 is 1.77 bits per heavy atom. The number of aliphatic hydroxyl groups is 1. The molecule has 0 aromatic heterocycles. The van der Waals surface area contributed by atoms with Crippen LogP contribution in [0.15, 0.2) is 0 Å². The summed E-state index contributed by atoms with van der Waals surface area (Å²) in [5, 5.41) is 17.1. The molecule has 1 atom stereocenters. The van der Waals surface area contributed by atoms with Gasteiger partial charge < -0.3 is 10.2 Å². The number of rotatable bonds is 3. The Hall–Kier alpha value is -0.780. The van der Waals surface area contributed by atoms with Crippen molar-refractivity contribution in [2.75, 3.05) is 0 Å². The quantitative estimate of drug-likeness (QED) is 0.724. The van der Waals surface area contributed by atoms with Gasteiger partial charge in [0.1, 0.15) is 0 Å². The van der Waals surface area contributed by atoms with E-state index in [0.29, 0.717) is 0 Å². The summed E-state index contributed by atoms with van der Waals surface area (Å²) in [6.07, 6.45) is -8.18. The molecule has 0 aliphatic rings. The molecular weight excluding hydrogens is 189 g/mol. The third kappa shape index (κ3) is 3.63. The fourth-order valence-electron chi connectivity index (χ4n) is 0.686. The van der Waals surface area contributed by atoms with Crippen molar-refractivity contribution >= 4 is 5.97 Å². The van der Waals surface area contributed by atoms with Crippen LogP contribution in [0.5, 0.6) is 0 Å². The summed E-state index contributed by atoms with van der Waals surface area (Å²) < 4.78 is 35.4. The minimum atomic E-state index is -4.76. The van der Waals surface area contributed by atoms with E-state index in [1.165, 1.54) is 0 Å². The maximum atomic E-state index is 11.8. The minimum Gasteiger partial charge on any atom is -0.481 e. The summed E-state index contributed by atoms with van der Waals surface area (Å²) in [5.74, 6) is -1.36. The van der Waals surface area contributed by atoms with Crippen LogP contribution < -0.4 is 0 Å². The largest absolute Gasteiger partial charge is 0.481 e. The van der Waals surface area contributed by atoms with E-state index < -0.39 is 30.1 Å². The van der Waals surface area contributed by atoms with Crippen LogP contribution in [-0.2, 0) is 4.79 Å². The van der Waals surface area contributed by atoms with Crippen LogP contribution in [0.1, 0.15) is 20.3 Å². The van der Waals surface area contributed by atoms with Gasteiger partial charge in [0.25, 0.3) is 0 Å². The van der Waals surface area contributed by atoms with Crippen LogP contribution in [0.3, 0.4) is 0 Å². The van der Waals surface area contributed by atoms with Crippen molar-refractivity contribution in [3.05, 3.63) is 0 Å². The average molecular weight is 200 g/mol. The molecule has 0 saturated heterocycles. The van der Waals surface area contributed by atoms with Crippen LogP contribution in [0.2, 0.25) is 0 Å². The number of carbonyl (C=O) groups is 1. The van der Waals surface area contributed by atoms with Gasteiger partial charge in [-0.05, 0) is 20.3 Å². The first-order valence-corrected chi connectivity index (χ1v) is 3.55. The standard InChI is InChI=1S/C7H11F3O3/c1-6(2,5(12)13)3-4(11)7(8,9)10/h4,11H,3H2,1-2H3,(H,12,13). The summed E-state index contributed by atoms with van der Waals surface area (Å²) in [6.45, 7) is 2.26. The molecule has 0 aliphatic heterocycles. The Balaban J connectivity index is 4.37. The predicted octanol–water partition coefficient (Wildman–Crippen LogP) is 1.41. The number of aliphatic hydroxyl groups excluding tert-OH is 1. The van der Waals surface area contributed by atoms with E-state index in [-0.39, 0.29) is 0 Å². The Kier molecular flexibility index (Phi) is 3.32. The van der Waals surface area contributed by atoms with Crippen LogP contribution in [0.25, 0.3) is 0 Å². The van der Waals surface area contributed by atoms with Crippen molar-refractivity contribution in [2.45, 2.75) is 32.5 Å². The molecule has 0 aromatic rings. The van der Waals surface area contributed by atoms with E-state index >= 15 is 0 Å². The lowest BCUT2D eigenvalue weighted by Crippen LogP contribution is -2.36. The van der Waals surface area contributed by atoms with E-state index in [0.717, 1.165) is 13.8 Å². The summed E-state index contributed by atoms with van der Waals surface area (Å²) in [4.78, 5) is 10.4. The number of hydrogen-bond donors (Lipinski definition) is 2. The number of carboxylic acid groups (broad SMARTS) is 1. The van der Waals surface area contributed by atoms with Gasteiger partial charge >= 0.3 is 12.1 Å². The van der Waals surface area contributed by atoms with Crippen LogP contribution in [0, 0.1) is 5.41 Å². The zero-order chi connectivity index (χ0) is 10.9. The first-order chi connectivity index (χ1) is 5.57. The molecule has 2 N–H and O–H groups in total. The maximum Gasteiger partial charge on any atom is 0.414 e. The van der Waals surface area contributed by atoms with Gasteiger partial charge in [0.15, 0.2) is 6.10 Å². The normalized spacial score (nSPS) is 15.5. The molecule has 0 aromatic carbocycles. The highest BCUT2D eigenvalue weighted by molar-refractivity contribution is 5.73. The summed E-state index contributed by atoms with van der Waals surface area (Å²) >= 11 is 0. The lowest BCUT2D eigenvalue weighted by Gasteiger charge is -2.23. The molecule has 3 nitrogen and oxygen atoms in total. The van der Waals surface area contributed by atoms with E-state index in [4.69, 9.17) is 10.2 Å². The van der Waals surface area contributed by atoms with Crippen molar-refractivity contribution in [1.29, 1.82) is 0 Å². The SMILES string of the molecule is CC(C)(CC(O)C(F)(F)F)C(=O)O. The molecular formula is C7H11F3O3. The highest BCUT2D eigenvalue weighted by Gasteiger charge is 2.43. The van der Waals surface area contributed by atoms with Gasteiger partial charge in [0.2, 0.25) is 0 Å². The Bertz CT molecular complexity index is 198. The highest BCUT2D eigenvalue weighted by Crippen LogP contribution is 2.30. The van der Waals surface area contributed by atoms with Crippen LogP contribution >= 0.6 is 0 Å². The predicted molar refractivity (Wildman–Crippen MR) is 38.1 cm³/mol. The van der Waals surface area contributed by atoms with E-state index in [2.05, 4.69) is 0 Å². The van der Waals surface area contributed by atoms with Crippen molar-refractivity contribution in [3.63, 3.8) is 0 Å². The summed E-state index contributed by atoms with van der Waals surface area (Å²) in [6, 6.07) is 0. The molecule has 0 radical (unpaired) electrons. The van der Waals surface area contributed by atoms with Crippen LogP contribution in [-0.4, -0.2) is 28.5 Å². The molecule has 0 rings (SSSR count). The van der Waals surface area contributed by atoms with Crippen molar-refractivity contribution in [2.24, 2.45) is 5.41 Å². The third-order valence-corrected chi connectivity index (χ3v) is 1.66. The zero-order valence-corrected chi connectivity index (χ0v) is 7.22. The maximum absolute atomic E-state index is 11.8. The van der Waals surface area contributed by atoms with Crippen molar-refractivity contribution in [1.82, 2.24) is 0 Å². The number of alkyl halides is 3. The topological polar surface area (TPSA) is 57.5 Å². The van der Waals surface area contributed by atoms with E-state index in [9.17, 15) is 18.0 Å². The molecule has 6 heteroatoms. The third-order valence-electron chi connectivity index (χ3n) is 1.66. The second-order valence-electron chi connectivity index (χ2n) is 3.45. The van der Waals surface area contributed by atoms with Gasteiger partial charge in [0.05, 0.1) is 5.41 Å². The molecule has 1 unspecified atom stereocenters. The number of carboxylic acids is 1. The van der Waals surface area contributed by atoms with Crippen LogP contribution in [0.4, 0.5) is 13.2 Å². The molecule has 0 aliphatic carbocycles. The second-order valence-corrected chi connectivity index (χ2v) is 3.45. The molecule has 0 spiro atoms. The van der Waals surface area contributed by atoms with E-state index in [1.807, 2.05) is 0 Å². The van der Waals surface area contributed by atoms with Gasteiger partial charge in [-0.1, -0.05) is 0 Å². The second kappa shape index (κ2) is 3.53. The highest BCUT2D eigenvalue weighted by atomic mass is 19.4. The molecule has 13 heavy (non-hydrogen) atoms. The lowest BCUT2D eigenvalue weighted by atomic mass is 9.87. The molecule has 0 fully saturated rings. The van der Waals surface area contributed by atoms with Crippen molar-refractivity contribution in [3.8, 4) is 0 Å². The Morgan fingerprint density at radius 3 is 2.00 bits per heavy atom. The zero-order valence-electron chi connectivity index (χ0n) is 7.22. The molecule has 78 valence electrons. The Morgan fingerprint density at radius 1 is 1.38 bits per heavy atom. The smallest absolute Gasteiger partial charge is 0.414 e.